The van der Waals surface area contributed by atoms with Gasteiger partial charge in [-0.25, -0.2) is 0 Å². The molecule has 1 saturated heterocycles. The SMILES string of the molecule is CCOc1cccc(CN2CCC(CNC)CC2)c1. The number of hydrogen-bond donors (Lipinski definition) is 1. The second-order valence-corrected chi connectivity index (χ2v) is 5.36. The van der Waals surface area contributed by atoms with Crippen molar-refractivity contribution < 1.29 is 4.74 Å². The van der Waals surface area contributed by atoms with Crippen LogP contribution in [0.2, 0.25) is 0 Å². The molecule has 0 saturated carbocycles. The van der Waals surface area contributed by atoms with Gasteiger partial charge in [0, 0.05) is 6.54 Å². The fraction of sp³-hybridized carbons (Fsp3) is 0.625. The monoisotopic (exact) mass is 262 g/mol. The Balaban J connectivity index is 1.83. The number of nitrogens with zero attached hydrogens (tertiary/aromatic N) is 1. The van der Waals surface area contributed by atoms with Gasteiger partial charge in [-0.3, -0.25) is 4.90 Å². The quantitative estimate of drug-likeness (QED) is 0.852. The zero-order valence-electron chi connectivity index (χ0n) is 12.2. The minimum Gasteiger partial charge on any atom is -0.494 e. The Labute approximate surface area is 116 Å². The molecular formula is C16H26N2O. The standard InChI is InChI=1S/C16H26N2O/c1-3-19-16-6-4-5-15(11-16)13-18-9-7-14(8-10-18)12-17-2/h4-6,11,14,17H,3,7-10,12-13H2,1-2H3. The van der Waals surface area contributed by atoms with Crippen LogP contribution in [-0.2, 0) is 6.54 Å². The van der Waals surface area contributed by atoms with Gasteiger partial charge in [0.25, 0.3) is 0 Å². The van der Waals surface area contributed by atoms with Crippen LogP contribution in [0.1, 0.15) is 25.3 Å². The predicted octanol–water partition coefficient (Wildman–Crippen LogP) is 2.52. The smallest absolute Gasteiger partial charge is 0.119 e. The third kappa shape index (κ3) is 4.51. The van der Waals surface area contributed by atoms with Gasteiger partial charge in [0.2, 0.25) is 0 Å². The molecule has 3 heteroatoms. The van der Waals surface area contributed by atoms with Crippen LogP contribution in [0.4, 0.5) is 0 Å². The molecule has 0 bridgehead atoms. The highest BCUT2D eigenvalue weighted by Gasteiger charge is 2.18. The van der Waals surface area contributed by atoms with Crippen molar-refractivity contribution >= 4 is 0 Å². The summed E-state index contributed by atoms with van der Waals surface area (Å²) in [6, 6.07) is 8.49. The Morgan fingerprint density at radius 3 is 2.79 bits per heavy atom. The van der Waals surface area contributed by atoms with E-state index in [1.54, 1.807) is 0 Å². The molecule has 1 aromatic rings. The Morgan fingerprint density at radius 1 is 1.32 bits per heavy atom. The average Bonchev–Trinajstić information content (AvgIpc) is 2.42. The van der Waals surface area contributed by atoms with Gasteiger partial charge in [-0.2, -0.15) is 0 Å². The topological polar surface area (TPSA) is 24.5 Å². The summed E-state index contributed by atoms with van der Waals surface area (Å²) in [4.78, 5) is 2.55. The average molecular weight is 262 g/mol. The number of hydrogen-bond acceptors (Lipinski definition) is 3. The van der Waals surface area contributed by atoms with Crippen LogP contribution in [0.15, 0.2) is 24.3 Å². The Kier molecular flexibility index (Phi) is 5.67. The fourth-order valence-corrected chi connectivity index (χ4v) is 2.80. The first-order valence-corrected chi connectivity index (χ1v) is 7.40. The van der Waals surface area contributed by atoms with Crippen LogP contribution in [0.25, 0.3) is 0 Å². The molecule has 2 rings (SSSR count). The van der Waals surface area contributed by atoms with Gasteiger partial charge < -0.3 is 10.1 Å². The summed E-state index contributed by atoms with van der Waals surface area (Å²) in [6.45, 7) is 7.40. The highest BCUT2D eigenvalue weighted by molar-refractivity contribution is 5.28. The molecule has 0 unspecified atom stereocenters. The lowest BCUT2D eigenvalue weighted by molar-refractivity contribution is 0.176. The van der Waals surface area contributed by atoms with Crippen molar-refractivity contribution in [3.8, 4) is 5.75 Å². The third-order valence-electron chi connectivity index (χ3n) is 3.82. The van der Waals surface area contributed by atoms with E-state index in [1.165, 1.54) is 31.5 Å². The van der Waals surface area contributed by atoms with Crippen LogP contribution in [0.5, 0.6) is 5.75 Å². The first-order chi connectivity index (χ1) is 9.31. The van der Waals surface area contributed by atoms with Gasteiger partial charge in [0.1, 0.15) is 5.75 Å². The molecular weight excluding hydrogens is 236 g/mol. The minimum absolute atomic E-state index is 0.735. The minimum atomic E-state index is 0.735. The van der Waals surface area contributed by atoms with E-state index in [0.29, 0.717) is 0 Å². The molecule has 1 N–H and O–H groups in total. The van der Waals surface area contributed by atoms with E-state index in [-0.39, 0.29) is 0 Å². The molecule has 1 aromatic carbocycles. The Bertz CT molecular complexity index is 373. The normalized spacial score (nSPS) is 17.6. The van der Waals surface area contributed by atoms with Gasteiger partial charge >= 0.3 is 0 Å². The Morgan fingerprint density at radius 2 is 2.11 bits per heavy atom. The van der Waals surface area contributed by atoms with Gasteiger partial charge in [0.05, 0.1) is 6.61 Å². The maximum absolute atomic E-state index is 5.56. The lowest BCUT2D eigenvalue weighted by Crippen LogP contribution is -2.36. The van der Waals surface area contributed by atoms with E-state index in [0.717, 1.165) is 31.4 Å². The van der Waals surface area contributed by atoms with Crippen molar-refractivity contribution in [2.45, 2.75) is 26.3 Å². The van der Waals surface area contributed by atoms with Crippen molar-refractivity contribution in [3.05, 3.63) is 29.8 Å². The molecule has 1 aliphatic heterocycles. The number of likely N-dealkylation sites (tertiary alicyclic amines) is 1. The molecule has 1 heterocycles. The van der Waals surface area contributed by atoms with E-state index in [1.807, 2.05) is 20.0 Å². The highest BCUT2D eigenvalue weighted by atomic mass is 16.5. The second-order valence-electron chi connectivity index (χ2n) is 5.36. The van der Waals surface area contributed by atoms with Crippen LogP contribution in [-0.4, -0.2) is 38.2 Å². The molecule has 1 aliphatic rings. The number of benzene rings is 1. The molecule has 0 aliphatic carbocycles. The Hall–Kier alpha value is -1.06. The summed E-state index contributed by atoms with van der Waals surface area (Å²) in [5, 5.41) is 3.29. The van der Waals surface area contributed by atoms with Gasteiger partial charge in [-0.1, -0.05) is 12.1 Å². The lowest BCUT2D eigenvalue weighted by Gasteiger charge is -2.31. The zero-order valence-corrected chi connectivity index (χ0v) is 12.2. The highest BCUT2D eigenvalue weighted by Crippen LogP contribution is 2.20. The second kappa shape index (κ2) is 7.51. The van der Waals surface area contributed by atoms with Gasteiger partial charge in [-0.05, 0) is 70.1 Å². The summed E-state index contributed by atoms with van der Waals surface area (Å²) >= 11 is 0. The predicted molar refractivity (Wildman–Crippen MR) is 79.5 cm³/mol. The number of nitrogens with one attached hydrogen (secondary N) is 1. The first-order valence-electron chi connectivity index (χ1n) is 7.40. The van der Waals surface area contributed by atoms with Crippen molar-refractivity contribution in [1.82, 2.24) is 10.2 Å². The summed E-state index contributed by atoms with van der Waals surface area (Å²) in [5.41, 5.74) is 1.36. The summed E-state index contributed by atoms with van der Waals surface area (Å²) in [6.07, 6.45) is 2.62. The molecule has 106 valence electrons. The molecule has 19 heavy (non-hydrogen) atoms. The maximum atomic E-state index is 5.56. The molecule has 0 aromatic heterocycles. The zero-order chi connectivity index (χ0) is 13.5. The van der Waals surface area contributed by atoms with E-state index >= 15 is 0 Å². The van der Waals surface area contributed by atoms with E-state index in [4.69, 9.17) is 4.74 Å². The first kappa shape index (κ1) is 14.4. The van der Waals surface area contributed by atoms with Crippen LogP contribution in [0, 0.1) is 5.92 Å². The van der Waals surface area contributed by atoms with Crippen molar-refractivity contribution in [2.75, 3.05) is 33.3 Å². The summed E-state index contributed by atoms with van der Waals surface area (Å²) < 4.78 is 5.56. The summed E-state index contributed by atoms with van der Waals surface area (Å²) in [5.74, 6) is 1.85. The number of ether oxygens (including phenoxy) is 1. The van der Waals surface area contributed by atoms with E-state index < -0.39 is 0 Å². The van der Waals surface area contributed by atoms with E-state index in [9.17, 15) is 0 Å². The van der Waals surface area contributed by atoms with Crippen LogP contribution in [0.3, 0.4) is 0 Å². The molecule has 3 nitrogen and oxygen atoms in total. The van der Waals surface area contributed by atoms with E-state index in [2.05, 4.69) is 28.4 Å². The molecule has 0 radical (unpaired) electrons. The number of rotatable bonds is 6. The maximum Gasteiger partial charge on any atom is 0.119 e. The summed E-state index contributed by atoms with van der Waals surface area (Å²) in [7, 11) is 2.05. The number of piperidine rings is 1. The largest absolute Gasteiger partial charge is 0.494 e. The van der Waals surface area contributed by atoms with Crippen LogP contribution >= 0.6 is 0 Å². The van der Waals surface area contributed by atoms with Crippen LogP contribution < -0.4 is 10.1 Å². The van der Waals surface area contributed by atoms with Gasteiger partial charge in [0.15, 0.2) is 0 Å². The third-order valence-corrected chi connectivity index (χ3v) is 3.82. The molecule has 1 fully saturated rings. The lowest BCUT2D eigenvalue weighted by atomic mass is 9.96. The fourth-order valence-electron chi connectivity index (χ4n) is 2.80. The van der Waals surface area contributed by atoms with Crippen molar-refractivity contribution in [1.29, 1.82) is 0 Å². The molecule has 0 spiro atoms. The molecule has 0 amide bonds. The van der Waals surface area contributed by atoms with Gasteiger partial charge in [-0.15, -0.1) is 0 Å². The van der Waals surface area contributed by atoms with Crippen molar-refractivity contribution in [2.24, 2.45) is 5.92 Å². The molecule has 0 atom stereocenters. The van der Waals surface area contributed by atoms with Crippen molar-refractivity contribution in [3.63, 3.8) is 0 Å².